The zero-order valence-electron chi connectivity index (χ0n) is 8.38. The monoisotopic (exact) mass is 208 g/mol. The first-order valence-electron chi connectivity index (χ1n) is 4.61. The van der Waals surface area contributed by atoms with Crippen molar-refractivity contribution in [3.8, 4) is 0 Å². The Labute approximate surface area is 89.4 Å². The molecule has 1 rings (SSSR count). The van der Waals surface area contributed by atoms with Crippen LogP contribution in [0.4, 0.5) is 0 Å². The highest BCUT2D eigenvalue weighted by Gasteiger charge is 2.02. The van der Waals surface area contributed by atoms with E-state index in [2.05, 4.69) is 0 Å². The lowest BCUT2D eigenvalue weighted by molar-refractivity contribution is -0.115. The zero-order valence-corrected chi connectivity index (χ0v) is 9.14. The van der Waals surface area contributed by atoms with Gasteiger partial charge in [0.1, 0.15) is 0 Å². The molecular weight excluding hydrogens is 196 g/mol. The summed E-state index contributed by atoms with van der Waals surface area (Å²) in [6.45, 7) is 3.67. The molecule has 0 atom stereocenters. The molecule has 0 radical (unpaired) electrons. The smallest absolute Gasteiger partial charge is 0.158 e. The molecule has 0 spiro atoms. The zero-order chi connectivity index (χ0) is 10.6. The molecule has 0 saturated heterocycles. The van der Waals surface area contributed by atoms with Gasteiger partial charge in [-0.15, -0.1) is 0 Å². The summed E-state index contributed by atoms with van der Waals surface area (Å²) in [6, 6.07) is 7.49. The Balaban J connectivity index is 2.97. The van der Waals surface area contributed by atoms with Gasteiger partial charge in [0.2, 0.25) is 0 Å². The van der Waals surface area contributed by atoms with Crippen LogP contribution < -0.4 is 0 Å². The number of halogens is 1. The van der Waals surface area contributed by atoms with E-state index >= 15 is 0 Å². The number of hydrogen-bond acceptors (Lipinski definition) is 1. The van der Waals surface area contributed by atoms with Crippen molar-refractivity contribution in [2.75, 3.05) is 0 Å². The Morgan fingerprint density at radius 2 is 2.07 bits per heavy atom. The van der Waals surface area contributed by atoms with Crippen molar-refractivity contribution in [1.82, 2.24) is 0 Å². The van der Waals surface area contributed by atoms with Crippen LogP contribution in [0.2, 0.25) is 5.02 Å². The normalized spacial score (nSPS) is 11.5. The van der Waals surface area contributed by atoms with Gasteiger partial charge in [-0.2, -0.15) is 0 Å². The molecule has 1 aromatic rings. The second-order valence-electron chi connectivity index (χ2n) is 3.13. The van der Waals surface area contributed by atoms with Gasteiger partial charge in [0.25, 0.3) is 0 Å². The van der Waals surface area contributed by atoms with E-state index in [1.165, 1.54) is 0 Å². The van der Waals surface area contributed by atoms with Gasteiger partial charge in [-0.3, -0.25) is 4.79 Å². The van der Waals surface area contributed by atoms with Gasteiger partial charge in [-0.1, -0.05) is 36.7 Å². The van der Waals surface area contributed by atoms with Crippen LogP contribution in [0.5, 0.6) is 0 Å². The Kier molecular flexibility index (Phi) is 3.90. The molecule has 0 N–H and O–H groups in total. The molecule has 0 aliphatic carbocycles. The average molecular weight is 209 g/mol. The third-order valence-corrected chi connectivity index (χ3v) is 2.38. The third kappa shape index (κ3) is 2.71. The lowest BCUT2D eigenvalue weighted by Gasteiger charge is -2.00. The van der Waals surface area contributed by atoms with Crippen molar-refractivity contribution < 1.29 is 4.79 Å². The van der Waals surface area contributed by atoms with Gasteiger partial charge < -0.3 is 0 Å². The molecule has 0 aliphatic rings. The molecule has 0 bridgehead atoms. The molecule has 0 amide bonds. The van der Waals surface area contributed by atoms with Crippen LogP contribution in [0.25, 0.3) is 6.08 Å². The van der Waals surface area contributed by atoms with Gasteiger partial charge in [0, 0.05) is 11.4 Å². The molecular formula is C12H13ClO. The SMILES string of the molecule is CCC(=O)/C(C)=C/c1ccccc1Cl. The number of rotatable bonds is 3. The Bertz CT molecular complexity index is 366. The Morgan fingerprint density at radius 3 is 2.64 bits per heavy atom. The summed E-state index contributed by atoms with van der Waals surface area (Å²) in [4.78, 5) is 11.3. The number of carbonyl (C=O) groups is 1. The Hall–Kier alpha value is -1.08. The van der Waals surface area contributed by atoms with Crippen LogP contribution in [-0.2, 0) is 4.79 Å². The fraction of sp³-hybridized carbons (Fsp3) is 0.250. The number of Topliss-reactive ketones (excluding diaryl/α,β-unsaturated/α-hetero) is 1. The molecule has 0 saturated carbocycles. The maximum Gasteiger partial charge on any atom is 0.158 e. The van der Waals surface area contributed by atoms with Crippen LogP contribution in [0.15, 0.2) is 29.8 Å². The summed E-state index contributed by atoms with van der Waals surface area (Å²) >= 11 is 5.96. The molecule has 0 aromatic heterocycles. The molecule has 2 heteroatoms. The summed E-state index contributed by atoms with van der Waals surface area (Å²) in [7, 11) is 0. The summed E-state index contributed by atoms with van der Waals surface area (Å²) in [5.74, 6) is 0.157. The van der Waals surface area contributed by atoms with Crippen molar-refractivity contribution in [3.05, 3.63) is 40.4 Å². The van der Waals surface area contributed by atoms with Crippen molar-refractivity contribution in [2.24, 2.45) is 0 Å². The predicted molar refractivity (Wildman–Crippen MR) is 60.4 cm³/mol. The molecule has 0 unspecified atom stereocenters. The van der Waals surface area contributed by atoms with Gasteiger partial charge >= 0.3 is 0 Å². The van der Waals surface area contributed by atoms with Gasteiger partial charge in [-0.25, -0.2) is 0 Å². The largest absolute Gasteiger partial charge is 0.295 e. The first-order chi connectivity index (χ1) is 6.65. The van der Waals surface area contributed by atoms with E-state index in [1.807, 2.05) is 44.2 Å². The van der Waals surface area contributed by atoms with Crippen molar-refractivity contribution in [2.45, 2.75) is 20.3 Å². The number of benzene rings is 1. The maximum absolute atomic E-state index is 11.3. The van der Waals surface area contributed by atoms with Crippen LogP contribution in [0.1, 0.15) is 25.8 Å². The van der Waals surface area contributed by atoms with Gasteiger partial charge in [0.05, 0.1) is 0 Å². The molecule has 14 heavy (non-hydrogen) atoms. The first-order valence-corrected chi connectivity index (χ1v) is 4.99. The minimum Gasteiger partial charge on any atom is -0.295 e. The molecule has 0 fully saturated rings. The number of ketones is 1. The van der Waals surface area contributed by atoms with Crippen LogP contribution in [0.3, 0.4) is 0 Å². The van der Waals surface area contributed by atoms with Gasteiger partial charge in [-0.05, 0) is 30.2 Å². The lowest BCUT2D eigenvalue weighted by atomic mass is 10.1. The highest BCUT2D eigenvalue weighted by Crippen LogP contribution is 2.18. The highest BCUT2D eigenvalue weighted by molar-refractivity contribution is 6.32. The molecule has 1 aromatic carbocycles. The number of hydrogen-bond donors (Lipinski definition) is 0. The van der Waals surface area contributed by atoms with E-state index < -0.39 is 0 Å². The lowest BCUT2D eigenvalue weighted by Crippen LogP contribution is -1.95. The summed E-state index contributed by atoms with van der Waals surface area (Å²) < 4.78 is 0. The molecule has 0 aliphatic heterocycles. The highest BCUT2D eigenvalue weighted by atomic mass is 35.5. The summed E-state index contributed by atoms with van der Waals surface area (Å²) in [5.41, 5.74) is 1.65. The topological polar surface area (TPSA) is 17.1 Å². The van der Waals surface area contributed by atoms with Crippen molar-refractivity contribution in [3.63, 3.8) is 0 Å². The quantitative estimate of drug-likeness (QED) is 0.692. The fourth-order valence-corrected chi connectivity index (χ4v) is 1.38. The minimum atomic E-state index is 0.157. The van der Waals surface area contributed by atoms with Crippen LogP contribution in [0, 0.1) is 0 Å². The average Bonchev–Trinajstić information content (AvgIpc) is 2.20. The second kappa shape index (κ2) is 4.97. The minimum absolute atomic E-state index is 0.157. The van der Waals surface area contributed by atoms with Crippen LogP contribution in [-0.4, -0.2) is 5.78 Å². The fourth-order valence-electron chi connectivity index (χ4n) is 1.18. The van der Waals surface area contributed by atoms with E-state index in [4.69, 9.17) is 11.6 Å². The van der Waals surface area contributed by atoms with E-state index in [-0.39, 0.29) is 5.78 Å². The third-order valence-electron chi connectivity index (χ3n) is 2.04. The summed E-state index contributed by atoms with van der Waals surface area (Å²) in [6.07, 6.45) is 2.36. The van der Waals surface area contributed by atoms with Crippen LogP contribution >= 0.6 is 11.6 Å². The van der Waals surface area contributed by atoms with E-state index in [9.17, 15) is 4.79 Å². The first kappa shape index (κ1) is 11.0. The number of carbonyl (C=O) groups excluding carboxylic acids is 1. The number of allylic oxidation sites excluding steroid dienone is 1. The van der Waals surface area contributed by atoms with E-state index in [1.54, 1.807) is 0 Å². The van der Waals surface area contributed by atoms with Crippen molar-refractivity contribution >= 4 is 23.5 Å². The van der Waals surface area contributed by atoms with Gasteiger partial charge in [0.15, 0.2) is 5.78 Å². The maximum atomic E-state index is 11.3. The standard InChI is InChI=1S/C12H13ClO/c1-3-12(14)9(2)8-10-6-4-5-7-11(10)13/h4-8H,3H2,1-2H3/b9-8+. The predicted octanol–water partition coefficient (Wildman–Crippen LogP) is 3.72. The molecule has 74 valence electrons. The molecule has 1 nitrogen and oxygen atoms in total. The van der Waals surface area contributed by atoms with E-state index in [0.717, 1.165) is 11.1 Å². The molecule has 0 heterocycles. The van der Waals surface area contributed by atoms with E-state index in [0.29, 0.717) is 11.4 Å². The summed E-state index contributed by atoms with van der Waals surface area (Å²) in [5, 5.41) is 0.677. The van der Waals surface area contributed by atoms with Crippen molar-refractivity contribution in [1.29, 1.82) is 0 Å². The Morgan fingerprint density at radius 1 is 1.43 bits per heavy atom. The second-order valence-corrected chi connectivity index (χ2v) is 3.53.